The average Bonchev–Trinajstić information content (AvgIpc) is 3.03. The van der Waals surface area contributed by atoms with Crippen LogP contribution in [0.3, 0.4) is 0 Å². The zero-order chi connectivity index (χ0) is 18.7. The van der Waals surface area contributed by atoms with Gasteiger partial charge in [-0.05, 0) is 29.8 Å². The fraction of sp³-hybridized carbons (Fsp3) is 0.0625. The smallest absolute Gasteiger partial charge is 0.269 e. The van der Waals surface area contributed by atoms with Crippen LogP contribution < -0.4 is 4.72 Å². The van der Waals surface area contributed by atoms with Crippen molar-refractivity contribution in [2.24, 2.45) is 0 Å². The Kier molecular flexibility index (Phi) is 5.05. The Balaban J connectivity index is 1.73. The number of halogens is 1. The van der Waals surface area contributed by atoms with Crippen molar-refractivity contribution in [3.8, 4) is 0 Å². The Morgan fingerprint density at radius 2 is 1.77 bits per heavy atom. The molecular weight excluding hydrogens is 424 g/mol. The molecule has 0 aliphatic rings. The monoisotopic (exact) mass is 436 g/mol. The van der Waals surface area contributed by atoms with Gasteiger partial charge in [0.1, 0.15) is 0 Å². The Bertz CT molecular complexity index is 1030. The lowest BCUT2D eigenvalue weighted by Crippen LogP contribution is -2.12. The molecule has 0 aliphatic heterocycles. The molecule has 8 nitrogen and oxygen atoms in total. The number of rotatable bonds is 6. The molecule has 0 atom stereocenters. The topological polar surface area (TPSA) is 107 Å². The molecule has 0 amide bonds. The second-order valence-corrected chi connectivity index (χ2v) is 8.01. The van der Waals surface area contributed by atoms with E-state index in [4.69, 9.17) is 0 Å². The summed E-state index contributed by atoms with van der Waals surface area (Å²) >= 11 is 3.37. The first-order valence-electron chi connectivity index (χ1n) is 7.38. The average molecular weight is 437 g/mol. The first-order chi connectivity index (χ1) is 12.3. The maximum atomic E-state index is 12.4. The number of nitrogens with zero attached hydrogens (tertiary/aromatic N) is 3. The van der Waals surface area contributed by atoms with E-state index in [1.54, 1.807) is 10.9 Å². The molecule has 0 saturated heterocycles. The normalized spacial score (nSPS) is 11.3. The summed E-state index contributed by atoms with van der Waals surface area (Å²) in [6.45, 7) is 0.493. The number of aromatic nitrogens is 2. The van der Waals surface area contributed by atoms with Crippen LogP contribution in [0.4, 0.5) is 11.4 Å². The van der Waals surface area contributed by atoms with E-state index in [1.165, 1.54) is 18.3 Å². The van der Waals surface area contributed by atoms with E-state index in [2.05, 4.69) is 25.8 Å². The number of anilines is 1. The third-order valence-corrected chi connectivity index (χ3v) is 5.43. The van der Waals surface area contributed by atoms with Crippen molar-refractivity contribution < 1.29 is 13.3 Å². The standard InChI is InChI=1S/C16H13BrN4O4S/c17-13-3-1-12(2-4-13)10-20-11-14(9-18-20)19-26(24,25)16-7-5-15(6-8-16)21(22)23/h1-9,11,19H,10H2. The van der Waals surface area contributed by atoms with Gasteiger partial charge in [-0.2, -0.15) is 5.10 Å². The first kappa shape index (κ1) is 18.1. The van der Waals surface area contributed by atoms with Crippen molar-refractivity contribution >= 4 is 37.3 Å². The molecule has 26 heavy (non-hydrogen) atoms. The van der Waals surface area contributed by atoms with Gasteiger partial charge < -0.3 is 0 Å². The van der Waals surface area contributed by atoms with Crippen LogP contribution in [0.2, 0.25) is 0 Å². The van der Waals surface area contributed by atoms with Gasteiger partial charge in [-0.3, -0.25) is 19.5 Å². The van der Waals surface area contributed by atoms with Crippen LogP contribution in [-0.2, 0) is 16.6 Å². The Morgan fingerprint density at radius 3 is 2.38 bits per heavy atom. The van der Waals surface area contributed by atoms with E-state index in [1.807, 2.05) is 24.3 Å². The zero-order valence-electron chi connectivity index (χ0n) is 13.2. The second kappa shape index (κ2) is 7.26. The minimum Gasteiger partial charge on any atom is -0.276 e. The summed E-state index contributed by atoms with van der Waals surface area (Å²) in [6, 6.07) is 12.4. The van der Waals surface area contributed by atoms with Crippen LogP contribution in [0.15, 0.2) is 70.3 Å². The highest BCUT2D eigenvalue weighted by atomic mass is 79.9. The number of sulfonamides is 1. The fourth-order valence-corrected chi connectivity index (χ4v) is 3.53. The van der Waals surface area contributed by atoms with E-state index in [-0.39, 0.29) is 10.6 Å². The molecule has 134 valence electrons. The lowest BCUT2D eigenvalue weighted by molar-refractivity contribution is -0.384. The van der Waals surface area contributed by atoms with Gasteiger partial charge in [0, 0.05) is 22.8 Å². The SMILES string of the molecule is O=[N+]([O-])c1ccc(S(=O)(=O)Nc2cnn(Cc3ccc(Br)cc3)c2)cc1. The predicted molar refractivity (Wildman–Crippen MR) is 99.4 cm³/mol. The minimum atomic E-state index is -3.85. The summed E-state index contributed by atoms with van der Waals surface area (Å²) in [7, 11) is -3.85. The van der Waals surface area contributed by atoms with Crippen molar-refractivity contribution in [3.63, 3.8) is 0 Å². The van der Waals surface area contributed by atoms with Crippen molar-refractivity contribution in [1.29, 1.82) is 0 Å². The molecule has 3 aromatic rings. The molecule has 0 unspecified atom stereocenters. The van der Waals surface area contributed by atoms with E-state index < -0.39 is 14.9 Å². The number of benzene rings is 2. The molecule has 1 heterocycles. The third kappa shape index (κ3) is 4.27. The van der Waals surface area contributed by atoms with Gasteiger partial charge in [0.15, 0.2) is 0 Å². The van der Waals surface area contributed by atoms with Crippen molar-refractivity contribution in [1.82, 2.24) is 9.78 Å². The highest BCUT2D eigenvalue weighted by molar-refractivity contribution is 9.10. The molecule has 0 radical (unpaired) electrons. The molecule has 2 aromatic carbocycles. The molecule has 0 saturated carbocycles. The highest BCUT2D eigenvalue weighted by Crippen LogP contribution is 2.19. The van der Waals surface area contributed by atoms with E-state index in [9.17, 15) is 18.5 Å². The number of hydrogen-bond donors (Lipinski definition) is 1. The lowest BCUT2D eigenvalue weighted by Gasteiger charge is -2.05. The Labute approximate surface area is 157 Å². The van der Waals surface area contributed by atoms with Crippen LogP contribution >= 0.6 is 15.9 Å². The number of nitro benzene ring substituents is 1. The lowest BCUT2D eigenvalue weighted by atomic mass is 10.2. The van der Waals surface area contributed by atoms with Gasteiger partial charge in [-0.15, -0.1) is 0 Å². The van der Waals surface area contributed by atoms with Crippen molar-refractivity contribution in [3.05, 3.63) is 81.1 Å². The van der Waals surface area contributed by atoms with Gasteiger partial charge >= 0.3 is 0 Å². The summed E-state index contributed by atoms with van der Waals surface area (Å²) in [4.78, 5) is 10.00. The van der Waals surface area contributed by atoms with Gasteiger partial charge in [0.25, 0.3) is 15.7 Å². The number of non-ortho nitro benzene ring substituents is 1. The second-order valence-electron chi connectivity index (χ2n) is 5.41. The number of nitro groups is 1. The molecule has 0 fully saturated rings. The van der Waals surface area contributed by atoms with Crippen LogP contribution in [0, 0.1) is 10.1 Å². The molecular formula is C16H13BrN4O4S. The molecule has 1 N–H and O–H groups in total. The summed E-state index contributed by atoms with van der Waals surface area (Å²) in [6.07, 6.45) is 2.98. The van der Waals surface area contributed by atoms with Gasteiger partial charge in [0.2, 0.25) is 0 Å². The predicted octanol–water partition coefficient (Wildman–Crippen LogP) is 3.40. The zero-order valence-corrected chi connectivity index (χ0v) is 15.6. The molecule has 10 heteroatoms. The van der Waals surface area contributed by atoms with Crippen LogP contribution in [0.25, 0.3) is 0 Å². The summed E-state index contributed by atoms with van der Waals surface area (Å²) in [5.74, 6) is 0. The largest absolute Gasteiger partial charge is 0.276 e. The van der Waals surface area contributed by atoms with Crippen LogP contribution in [0.5, 0.6) is 0 Å². The van der Waals surface area contributed by atoms with Crippen molar-refractivity contribution in [2.75, 3.05) is 4.72 Å². The van der Waals surface area contributed by atoms with Crippen molar-refractivity contribution in [2.45, 2.75) is 11.4 Å². The molecule has 1 aromatic heterocycles. The minimum absolute atomic E-state index is 0.0660. The molecule has 0 spiro atoms. The highest BCUT2D eigenvalue weighted by Gasteiger charge is 2.16. The van der Waals surface area contributed by atoms with E-state index >= 15 is 0 Å². The molecule has 0 aliphatic carbocycles. The van der Waals surface area contributed by atoms with E-state index in [0.717, 1.165) is 22.2 Å². The summed E-state index contributed by atoms with van der Waals surface area (Å²) in [5, 5.41) is 14.8. The maximum Gasteiger partial charge on any atom is 0.269 e. The van der Waals surface area contributed by atoms with E-state index in [0.29, 0.717) is 12.2 Å². The van der Waals surface area contributed by atoms with Crippen LogP contribution in [0.1, 0.15) is 5.56 Å². The Morgan fingerprint density at radius 1 is 1.12 bits per heavy atom. The molecule has 0 bridgehead atoms. The Hall–Kier alpha value is -2.72. The van der Waals surface area contributed by atoms with Gasteiger partial charge in [0.05, 0.1) is 28.2 Å². The summed E-state index contributed by atoms with van der Waals surface area (Å²) < 4.78 is 29.7. The summed E-state index contributed by atoms with van der Waals surface area (Å²) in [5.41, 5.74) is 1.15. The number of hydrogen-bond acceptors (Lipinski definition) is 5. The first-order valence-corrected chi connectivity index (χ1v) is 9.65. The quantitative estimate of drug-likeness (QED) is 0.470. The van der Waals surface area contributed by atoms with Gasteiger partial charge in [-0.1, -0.05) is 28.1 Å². The maximum absolute atomic E-state index is 12.4. The van der Waals surface area contributed by atoms with Gasteiger partial charge in [-0.25, -0.2) is 8.42 Å². The fourth-order valence-electron chi connectivity index (χ4n) is 2.24. The molecule has 3 rings (SSSR count). The van der Waals surface area contributed by atoms with Crippen LogP contribution in [-0.4, -0.2) is 23.1 Å². The number of nitrogens with one attached hydrogen (secondary N) is 1. The third-order valence-electron chi connectivity index (χ3n) is 3.50.